The van der Waals surface area contributed by atoms with Gasteiger partial charge in [0.15, 0.2) is 5.69 Å². The van der Waals surface area contributed by atoms with Crippen LogP contribution in [0.4, 0.5) is 23.7 Å². The van der Waals surface area contributed by atoms with Gasteiger partial charge in [-0.15, -0.1) is 5.10 Å². The molecule has 13 nitrogen and oxygen atoms in total. The molecule has 50 heavy (non-hydrogen) atoms. The number of halogens is 3. The minimum atomic E-state index is -3.35. The lowest BCUT2D eigenvalue weighted by Gasteiger charge is -2.29. The van der Waals surface area contributed by atoms with Gasteiger partial charge in [0, 0.05) is 50.4 Å². The molecule has 0 aliphatic heterocycles. The number of benzene rings is 1. The number of aromatic nitrogens is 4. The second kappa shape index (κ2) is 16.7. The van der Waals surface area contributed by atoms with Crippen molar-refractivity contribution >= 4 is 23.6 Å². The van der Waals surface area contributed by atoms with Crippen LogP contribution in [0.3, 0.4) is 0 Å². The number of nitrogens with zero attached hydrogens (tertiary/aromatic N) is 4. The van der Waals surface area contributed by atoms with Gasteiger partial charge in [0.05, 0.1) is 12.7 Å². The largest absolute Gasteiger partial charge is 0.444 e. The average molecular weight is 704 g/mol. The normalized spacial score (nSPS) is 17.0. The van der Waals surface area contributed by atoms with Gasteiger partial charge in [0.25, 0.3) is 11.5 Å². The van der Waals surface area contributed by atoms with E-state index in [1.165, 1.54) is 45.9 Å². The smallest absolute Gasteiger partial charge is 0.407 e. The van der Waals surface area contributed by atoms with Crippen LogP contribution in [0.15, 0.2) is 53.6 Å². The molecule has 272 valence electrons. The summed E-state index contributed by atoms with van der Waals surface area (Å²) in [6, 6.07) is 8.78. The SMILES string of the molecule is CC(C)(C)OC(=O)N[C@H]1CC[C@H](CC(=O)Nc2ccn(CCC(F)Cn3cc(C(=O)NCc4cccc(OC(C)(F)F)c4)nn3)c(=O)c2)CC1. The molecule has 1 unspecified atom stereocenters. The first-order valence-electron chi connectivity index (χ1n) is 16.5. The fraction of sp³-hybridized carbons (Fsp3) is 0.529. The summed E-state index contributed by atoms with van der Waals surface area (Å²) in [4.78, 5) is 49.8. The number of carbonyl (C=O) groups excluding carboxylic acids is 3. The van der Waals surface area contributed by atoms with E-state index in [0.29, 0.717) is 24.6 Å². The van der Waals surface area contributed by atoms with Crippen molar-refractivity contribution in [3.8, 4) is 5.75 Å². The van der Waals surface area contributed by atoms with Crippen LogP contribution in [0.25, 0.3) is 0 Å². The number of alkyl carbamates (subject to hydrolysis) is 1. The Kier molecular flexibility index (Phi) is 12.6. The van der Waals surface area contributed by atoms with Crippen LogP contribution in [-0.4, -0.2) is 61.4 Å². The Bertz CT molecular complexity index is 1680. The van der Waals surface area contributed by atoms with Crippen molar-refractivity contribution in [2.45, 2.75) is 110 Å². The first kappa shape index (κ1) is 37.9. The third kappa shape index (κ3) is 12.9. The van der Waals surface area contributed by atoms with E-state index in [4.69, 9.17) is 4.74 Å². The van der Waals surface area contributed by atoms with E-state index in [2.05, 4.69) is 31.0 Å². The quantitative estimate of drug-likeness (QED) is 0.207. The molecule has 1 aromatic carbocycles. The van der Waals surface area contributed by atoms with E-state index in [-0.39, 0.29) is 55.4 Å². The minimum absolute atomic E-state index is 0.00675. The number of nitrogens with one attached hydrogen (secondary N) is 3. The molecule has 1 saturated carbocycles. The molecule has 1 aliphatic carbocycles. The summed E-state index contributed by atoms with van der Waals surface area (Å²) in [5.41, 5.74) is -0.150. The van der Waals surface area contributed by atoms with E-state index in [0.717, 1.165) is 25.7 Å². The van der Waals surface area contributed by atoms with E-state index >= 15 is 0 Å². The summed E-state index contributed by atoms with van der Waals surface area (Å²) >= 11 is 0. The number of amides is 3. The molecule has 2 heterocycles. The van der Waals surface area contributed by atoms with E-state index in [1.54, 1.807) is 32.9 Å². The number of hydrogen-bond donors (Lipinski definition) is 3. The monoisotopic (exact) mass is 703 g/mol. The van der Waals surface area contributed by atoms with E-state index in [1.807, 2.05) is 0 Å². The van der Waals surface area contributed by atoms with Crippen molar-refractivity contribution < 1.29 is 37.0 Å². The predicted molar refractivity (Wildman–Crippen MR) is 177 cm³/mol. The molecule has 1 aliphatic rings. The standard InChI is InChI=1S/C34H44F3N7O6/c1-33(2,3)50-32(48)40-25-10-8-22(9-11-25)17-29(45)39-26-13-15-43(30(46)18-26)14-12-24(35)20-44-21-28(41-42-44)31(47)38-19-23-6-5-7-27(16-23)49-34(4,36)37/h5-7,13,15-16,18,21-22,24-25H,8-12,14,17,19-20H2,1-4H3,(H,38,47)(H,39,45)(H,40,48)/t22-,24?,25-. The Morgan fingerprint density at radius 3 is 2.48 bits per heavy atom. The molecular weight excluding hydrogens is 659 g/mol. The van der Waals surface area contributed by atoms with Gasteiger partial charge in [0.1, 0.15) is 17.5 Å². The van der Waals surface area contributed by atoms with Gasteiger partial charge in [-0.05, 0) is 82.6 Å². The number of carbonyl (C=O) groups is 3. The number of aryl methyl sites for hydroxylation is 1. The second-order valence-corrected chi connectivity index (χ2v) is 13.5. The zero-order valence-corrected chi connectivity index (χ0v) is 28.6. The Hall–Kier alpha value is -4.89. The molecule has 0 saturated heterocycles. The number of pyridine rings is 1. The lowest BCUT2D eigenvalue weighted by atomic mass is 9.84. The Labute approximate surface area is 287 Å². The molecule has 1 atom stereocenters. The van der Waals surface area contributed by atoms with Crippen LogP contribution >= 0.6 is 0 Å². The summed E-state index contributed by atoms with van der Waals surface area (Å²) in [5.74, 6) is -0.684. The maximum absolute atomic E-state index is 14.8. The summed E-state index contributed by atoms with van der Waals surface area (Å²) in [6.45, 7) is 5.93. The molecule has 0 radical (unpaired) electrons. The summed E-state index contributed by atoms with van der Waals surface area (Å²) < 4.78 is 53.4. The van der Waals surface area contributed by atoms with Crippen molar-refractivity contribution in [2.24, 2.45) is 5.92 Å². The van der Waals surface area contributed by atoms with Gasteiger partial charge in [-0.25, -0.2) is 13.9 Å². The third-order valence-corrected chi connectivity index (χ3v) is 7.81. The average Bonchev–Trinajstić information content (AvgIpc) is 3.47. The molecule has 3 amide bonds. The fourth-order valence-corrected chi connectivity index (χ4v) is 5.49. The Balaban J connectivity index is 1.16. The molecule has 3 aromatic rings. The molecule has 3 N–H and O–H groups in total. The van der Waals surface area contributed by atoms with E-state index < -0.39 is 35.4 Å². The van der Waals surface area contributed by atoms with Gasteiger partial charge in [0.2, 0.25) is 5.91 Å². The zero-order chi connectivity index (χ0) is 36.5. The highest BCUT2D eigenvalue weighted by Crippen LogP contribution is 2.28. The highest BCUT2D eigenvalue weighted by atomic mass is 19.3. The maximum atomic E-state index is 14.8. The van der Waals surface area contributed by atoms with Crippen LogP contribution in [0.1, 0.15) is 82.3 Å². The van der Waals surface area contributed by atoms with Crippen molar-refractivity contribution in [3.63, 3.8) is 0 Å². The molecule has 1 fully saturated rings. The topological polar surface area (TPSA) is 158 Å². The third-order valence-electron chi connectivity index (χ3n) is 7.81. The van der Waals surface area contributed by atoms with Crippen molar-refractivity contribution in [3.05, 3.63) is 70.4 Å². The highest BCUT2D eigenvalue weighted by Gasteiger charge is 2.26. The molecule has 0 bridgehead atoms. The Morgan fingerprint density at radius 1 is 1.06 bits per heavy atom. The molecule has 16 heteroatoms. The summed E-state index contributed by atoms with van der Waals surface area (Å²) in [6.07, 6.45) is 0.906. The maximum Gasteiger partial charge on any atom is 0.407 e. The van der Waals surface area contributed by atoms with Crippen LogP contribution < -0.4 is 26.2 Å². The fourth-order valence-electron chi connectivity index (χ4n) is 5.49. The van der Waals surface area contributed by atoms with Gasteiger partial charge >= 0.3 is 12.2 Å². The number of anilines is 1. The number of ether oxygens (including phenoxy) is 2. The van der Waals surface area contributed by atoms with Crippen molar-refractivity contribution in [2.75, 3.05) is 5.32 Å². The molecule has 4 rings (SSSR count). The molecule has 2 aromatic heterocycles. The highest BCUT2D eigenvalue weighted by molar-refractivity contribution is 5.92. The predicted octanol–water partition coefficient (Wildman–Crippen LogP) is 5.20. The number of alkyl halides is 3. The van der Waals surface area contributed by atoms with Crippen molar-refractivity contribution in [1.82, 2.24) is 30.2 Å². The van der Waals surface area contributed by atoms with Crippen LogP contribution in [0, 0.1) is 5.92 Å². The van der Waals surface area contributed by atoms with Crippen LogP contribution in [0.2, 0.25) is 0 Å². The van der Waals surface area contributed by atoms with Crippen LogP contribution in [-0.2, 0) is 29.2 Å². The van der Waals surface area contributed by atoms with Gasteiger partial charge in [-0.1, -0.05) is 17.3 Å². The minimum Gasteiger partial charge on any atom is -0.444 e. The molecular formula is C34H44F3N7O6. The molecule has 0 spiro atoms. The first-order valence-corrected chi connectivity index (χ1v) is 16.5. The lowest BCUT2D eigenvalue weighted by molar-refractivity contribution is -0.159. The van der Waals surface area contributed by atoms with Gasteiger partial charge in [-0.3, -0.25) is 14.4 Å². The first-order chi connectivity index (χ1) is 23.5. The second-order valence-electron chi connectivity index (χ2n) is 13.5. The lowest BCUT2D eigenvalue weighted by Crippen LogP contribution is -2.41. The van der Waals surface area contributed by atoms with Crippen LogP contribution in [0.5, 0.6) is 5.75 Å². The summed E-state index contributed by atoms with van der Waals surface area (Å²) in [7, 11) is 0. The van der Waals surface area contributed by atoms with Gasteiger partial charge in [-0.2, -0.15) is 8.78 Å². The Morgan fingerprint density at radius 2 is 1.80 bits per heavy atom. The number of rotatable bonds is 14. The zero-order valence-electron chi connectivity index (χ0n) is 28.6. The van der Waals surface area contributed by atoms with Gasteiger partial charge < -0.3 is 30.0 Å². The van der Waals surface area contributed by atoms with Crippen molar-refractivity contribution in [1.29, 1.82) is 0 Å². The van der Waals surface area contributed by atoms with E-state index in [9.17, 15) is 32.3 Å². The number of hydrogen-bond acceptors (Lipinski definition) is 8. The summed E-state index contributed by atoms with van der Waals surface area (Å²) in [5, 5.41) is 15.8.